The number of thioether (sulfide) groups is 1. The van der Waals surface area contributed by atoms with Crippen molar-refractivity contribution in [2.45, 2.75) is 0 Å². The van der Waals surface area contributed by atoms with Crippen molar-refractivity contribution in [3.8, 4) is 11.5 Å². The maximum atomic E-state index is 5.47. The first-order valence-corrected chi connectivity index (χ1v) is 5.68. The van der Waals surface area contributed by atoms with E-state index in [9.17, 15) is 0 Å². The summed E-state index contributed by atoms with van der Waals surface area (Å²) in [6.45, 7) is 0.549. The summed E-state index contributed by atoms with van der Waals surface area (Å²) in [6, 6.07) is 7.39. The van der Waals surface area contributed by atoms with Crippen LogP contribution in [0.25, 0.3) is 0 Å². The number of hydrogen-bond acceptors (Lipinski definition) is 5. The van der Waals surface area contributed by atoms with Gasteiger partial charge in [0.1, 0.15) is 11.5 Å². The molecule has 0 amide bonds. The highest BCUT2D eigenvalue weighted by molar-refractivity contribution is 8.13. The van der Waals surface area contributed by atoms with Crippen LogP contribution in [-0.4, -0.2) is 24.6 Å². The summed E-state index contributed by atoms with van der Waals surface area (Å²) in [5.74, 6) is 7.29. The third kappa shape index (κ3) is 4.31. The lowest BCUT2D eigenvalue weighted by atomic mass is 10.3. The van der Waals surface area contributed by atoms with Gasteiger partial charge in [0.2, 0.25) is 0 Å². The maximum absolute atomic E-state index is 5.47. The van der Waals surface area contributed by atoms with Crippen molar-refractivity contribution in [1.29, 1.82) is 0 Å². The van der Waals surface area contributed by atoms with Gasteiger partial charge in [0.15, 0.2) is 5.17 Å². The lowest BCUT2D eigenvalue weighted by Crippen LogP contribution is -2.12. The fourth-order valence-electron chi connectivity index (χ4n) is 1.01. The van der Waals surface area contributed by atoms with Crippen molar-refractivity contribution in [3.05, 3.63) is 24.3 Å². The Kier molecular flexibility index (Phi) is 5.35. The largest absolute Gasteiger partial charge is 0.497 e. The fraction of sp³-hybridized carbons (Fsp3) is 0.300. The summed E-state index contributed by atoms with van der Waals surface area (Å²) in [5.41, 5.74) is 5.41. The first-order chi connectivity index (χ1) is 7.76. The SMILES string of the molecule is COc1ccc(OCCSC(N)=NN)cc1. The van der Waals surface area contributed by atoms with Crippen LogP contribution in [0, 0.1) is 0 Å². The van der Waals surface area contributed by atoms with Gasteiger partial charge >= 0.3 is 0 Å². The Morgan fingerprint density at radius 1 is 1.31 bits per heavy atom. The van der Waals surface area contributed by atoms with Gasteiger partial charge in [-0.15, -0.1) is 0 Å². The van der Waals surface area contributed by atoms with E-state index in [0.717, 1.165) is 11.5 Å². The lowest BCUT2D eigenvalue weighted by Gasteiger charge is -2.06. The van der Waals surface area contributed by atoms with Gasteiger partial charge in [-0.2, -0.15) is 5.10 Å². The van der Waals surface area contributed by atoms with Crippen LogP contribution < -0.4 is 21.1 Å². The number of ether oxygens (including phenoxy) is 2. The second-order valence-corrected chi connectivity index (χ2v) is 3.95. The molecule has 0 bridgehead atoms. The number of hydrogen-bond donors (Lipinski definition) is 2. The normalized spacial score (nSPS) is 11.2. The minimum Gasteiger partial charge on any atom is -0.497 e. The predicted octanol–water partition coefficient (Wildman–Crippen LogP) is 0.996. The molecule has 0 atom stereocenters. The molecule has 0 aliphatic heterocycles. The zero-order valence-electron chi connectivity index (χ0n) is 9.05. The first-order valence-electron chi connectivity index (χ1n) is 4.69. The molecule has 0 fully saturated rings. The molecule has 0 saturated heterocycles. The summed E-state index contributed by atoms with van der Waals surface area (Å²) in [7, 11) is 1.63. The summed E-state index contributed by atoms with van der Waals surface area (Å²) in [4.78, 5) is 0. The highest BCUT2D eigenvalue weighted by Gasteiger charge is 1.96. The molecule has 4 N–H and O–H groups in total. The van der Waals surface area contributed by atoms with E-state index >= 15 is 0 Å². The molecule has 0 spiro atoms. The van der Waals surface area contributed by atoms with Crippen LogP contribution in [0.4, 0.5) is 0 Å². The molecule has 0 radical (unpaired) electrons. The second kappa shape index (κ2) is 6.84. The molecule has 6 heteroatoms. The molecular weight excluding hydrogens is 226 g/mol. The summed E-state index contributed by atoms with van der Waals surface area (Å²) < 4.78 is 10.5. The lowest BCUT2D eigenvalue weighted by molar-refractivity contribution is 0.343. The highest BCUT2D eigenvalue weighted by Crippen LogP contribution is 2.17. The van der Waals surface area contributed by atoms with Gasteiger partial charge in [-0.25, -0.2) is 0 Å². The predicted molar refractivity (Wildman–Crippen MR) is 66.8 cm³/mol. The van der Waals surface area contributed by atoms with Gasteiger partial charge in [0.05, 0.1) is 13.7 Å². The second-order valence-electron chi connectivity index (χ2n) is 2.84. The molecule has 0 unspecified atom stereocenters. The number of hydrazone groups is 1. The molecule has 16 heavy (non-hydrogen) atoms. The van der Waals surface area contributed by atoms with Crippen LogP contribution in [0.1, 0.15) is 0 Å². The Hall–Kier alpha value is -1.56. The monoisotopic (exact) mass is 241 g/mol. The zero-order valence-corrected chi connectivity index (χ0v) is 9.87. The van der Waals surface area contributed by atoms with Crippen molar-refractivity contribution in [2.24, 2.45) is 16.7 Å². The number of amidine groups is 1. The number of nitrogens with two attached hydrogens (primary N) is 2. The van der Waals surface area contributed by atoms with E-state index in [2.05, 4.69) is 5.10 Å². The molecular formula is C10H15N3O2S. The molecule has 0 saturated carbocycles. The van der Waals surface area contributed by atoms with Crippen LogP contribution >= 0.6 is 11.8 Å². The number of rotatable bonds is 5. The third-order valence-corrected chi connectivity index (χ3v) is 2.56. The minimum absolute atomic E-state index is 0.360. The van der Waals surface area contributed by atoms with Gasteiger partial charge < -0.3 is 21.1 Å². The smallest absolute Gasteiger partial charge is 0.177 e. The molecule has 1 aromatic rings. The Morgan fingerprint density at radius 2 is 1.94 bits per heavy atom. The van der Waals surface area contributed by atoms with Crippen molar-refractivity contribution in [3.63, 3.8) is 0 Å². The summed E-state index contributed by atoms with van der Waals surface area (Å²) in [5, 5.41) is 3.70. The zero-order chi connectivity index (χ0) is 11.8. The number of methoxy groups -OCH3 is 1. The average Bonchev–Trinajstić information content (AvgIpc) is 2.35. The van der Waals surface area contributed by atoms with E-state index in [1.165, 1.54) is 11.8 Å². The van der Waals surface area contributed by atoms with E-state index in [4.69, 9.17) is 21.1 Å². The van der Waals surface area contributed by atoms with Crippen LogP contribution in [-0.2, 0) is 0 Å². The van der Waals surface area contributed by atoms with Crippen molar-refractivity contribution >= 4 is 16.9 Å². The molecule has 88 valence electrons. The maximum Gasteiger partial charge on any atom is 0.177 e. The third-order valence-electron chi connectivity index (χ3n) is 1.79. The van der Waals surface area contributed by atoms with Crippen molar-refractivity contribution in [1.82, 2.24) is 0 Å². The number of nitrogens with zero attached hydrogens (tertiary/aromatic N) is 1. The van der Waals surface area contributed by atoms with Crippen LogP contribution in [0.5, 0.6) is 11.5 Å². The number of benzene rings is 1. The van der Waals surface area contributed by atoms with Crippen LogP contribution in [0.3, 0.4) is 0 Å². The van der Waals surface area contributed by atoms with Crippen molar-refractivity contribution in [2.75, 3.05) is 19.5 Å². The van der Waals surface area contributed by atoms with Crippen LogP contribution in [0.15, 0.2) is 29.4 Å². The molecule has 0 aromatic heterocycles. The Bertz CT molecular complexity index is 340. The molecule has 1 rings (SSSR count). The van der Waals surface area contributed by atoms with Crippen molar-refractivity contribution < 1.29 is 9.47 Å². The van der Waals surface area contributed by atoms with E-state index < -0.39 is 0 Å². The molecule has 0 aliphatic carbocycles. The standard InChI is InChI=1S/C10H15N3O2S/c1-14-8-2-4-9(5-3-8)15-6-7-16-10(11)13-12/h2-5H,6-7,12H2,1H3,(H2,11,13). The molecule has 0 heterocycles. The fourth-order valence-corrected chi connectivity index (χ4v) is 1.47. The minimum atomic E-state index is 0.360. The van der Waals surface area contributed by atoms with Gasteiger partial charge in [-0.1, -0.05) is 11.8 Å². The van der Waals surface area contributed by atoms with E-state index in [-0.39, 0.29) is 0 Å². The topological polar surface area (TPSA) is 82.9 Å². The Labute approximate surface area is 98.8 Å². The first kappa shape index (κ1) is 12.5. The quantitative estimate of drug-likeness (QED) is 0.264. The van der Waals surface area contributed by atoms with Gasteiger partial charge in [0, 0.05) is 5.75 Å². The molecule has 1 aromatic carbocycles. The van der Waals surface area contributed by atoms with Gasteiger partial charge in [-0.3, -0.25) is 0 Å². The average molecular weight is 241 g/mol. The molecule has 5 nitrogen and oxygen atoms in total. The highest BCUT2D eigenvalue weighted by atomic mass is 32.2. The van der Waals surface area contributed by atoms with Gasteiger partial charge in [-0.05, 0) is 24.3 Å². The molecule has 0 aliphatic rings. The van der Waals surface area contributed by atoms with E-state index in [1.807, 2.05) is 24.3 Å². The summed E-state index contributed by atoms with van der Waals surface area (Å²) in [6.07, 6.45) is 0. The van der Waals surface area contributed by atoms with Gasteiger partial charge in [0.25, 0.3) is 0 Å². The van der Waals surface area contributed by atoms with E-state index in [1.54, 1.807) is 7.11 Å². The summed E-state index contributed by atoms with van der Waals surface area (Å²) >= 11 is 1.36. The Balaban J connectivity index is 2.26. The van der Waals surface area contributed by atoms with E-state index in [0.29, 0.717) is 17.5 Å². The van der Waals surface area contributed by atoms with Crippen LogP contribution in [0.2, 0.25) is 0 Å². The Morgan fingerprint density at radius 3 is 2.50 bits per heavy atom.